The Morgan fingerprint density at radius 2 is 2.00 bits per heavy atom. The molecule has 0 unspecified atom stereocenters. The maximum atomic E-state index is 13.4. The van der Waals surface area contributed by atoms with Crippen LogP contribution in [-0.2, 0) is 4.79 Å². The summed E-state index contributed by atoms with van der Waals surface area (Å²) >= 11 is 1.21. The van der Waals surface area contributed by atoms with Crippen molar-refractivity contribution in [3.05, 3.63) is 90.4 Å². The van der Waals surface area contributed by atoms with Crippen molar-refractivity contribution in [1.29, 1.82) is 0 Å². The molecule has 6 rings (SSSR count). The van der Waals surface area contributed by atoms with Crippen LogP contribution < -0.4 is 15.5 Å². The van der Waals surface area contributed by atoms with Crippen LogP contribution >= 0.6 is 11.3 Å². The zero-order valence-corrected chi connectivity index (χ0v) is 21.0. The van der Waals surface area contributed by atoms with Gasteiger partial charge in [0.2, 0.25) is 5.91 Å². The number of thiophene rings is 1. The number of pyridine rings is 2. The van der Waals surface area contributed by atoms with Crippen molar-refractivity contribution in [3.63, 3.8) is 0 Å². The Bertz CT molecular complexity index is 1650. The number of hydrogen-bond acceptors (Lipinski definition) is 6. The lowest BCUT2D eigenvalue weighted by atomic mass is 10.1. The van der Waals surface area contributed by atoms with Crippen LogP contribution in [0.4, 0.5) is 21.9 Å². The second-order valence-electron chi connectivity index (χ2n) is 8.81. The lowest BCUT2D eigenvalue weighted by Gasteiger charge is -2.29. The van der Waals surface area contributed by atoms with Crippen molar-refractivity contribution in [1.82, 2.24) is 20.2 Å². The molecule has 4 amide bonds. The van der Waals surface area contributed by atoms with Crippen molar-refractivity contribution in [2.45, 2.75) is 6.42 Å². The van der Waals surface area contributed by atoms with Gasteiger partial charge in [-0.1, -0.05) is 30.9 Å². The summed E-state index contributed by atoms with van der Waals surface area (Å²) in [6.07, 6.45) is 8.93. The van der Waals surface area contributed by atoms with Gasteiger partial charge in [0.1, 0.15) is 9.71 Å². The fourth-order valence-electron chi connectivity index (χ4n) is 4.71. The SMILES string of the molecule is C=CC(=O)N1CCC=C(NC(=O)c2sc3nccc4c3c2NC(=O)N4c2cccc(-c3cccnc3)c2)C1. The van der Waals surface area contributed by atoms with Gasteiger partial charge in [0, 0.05) is 36.4 Å². The molecular formula is C28H22N6O3S. The molecule has 0 atom stereocenters. The van der Waals surface area contributed by atoms with Crippen LogP contribution in [-0.4, -0.2) is 45.8 Å². The first-order valence-corrected chi connectivity index (χ1v) is 12.8. The molecule has 0 radical (unpaired) electrons. The minimum Gasteiger partial charge on any atom is -0.333 e. The summed E-state index contributed by atoms with van der Waals surface area (Å²) in [4.78, 5) is 51.7. The molecule has 0 fully saturated rings. The number of anilines is 3. The number of urea groups is 1. The molecule has 2 aliphatic rings. The number of rotatable bonds is 5. The summed E-state index contributed by atoms with van der Waals surface area (Å²) in [5, 5.41) is 6.54. The zero-order chi connectivity index (χ0) is 26.2. The minimum absolute atomic E-state index is 0.185. The summed E-state index contributed by atoms with van der Waals surface area (Å²) in [5.41, 5.74) is 4.25. The molecule has 1 aromatic carbocycles. The largest absolute Gasteiger partial charge is 0.333 e. The molecule has 5 heterocycles. The minimum atomic E-state index is -0.375. The van der Waals surface area contributed by atoms with E-state index in [1.165, 1.54) is 17.4 Å². The molecule has 2 N–H and O–H groups in total. The van der Waals surface area contributed by atoms with Crippen LogP contribution in [0.3, 0.4) is 0 Å². The Morgan fingerprint density at radius 3 is 2.82 bits per heavy atom. The molecule has 0 aliphatic carbocycles. The highest BCUT2D eigenvalue weighted by atomic mass is 32.1. The van der Waals surface area contributed by atoms with E-state index >= 15 is 0 Å². The number of amides is 4. The summed E-state index contributed by atoms with van der Waals surface area (Å²) < 4.78 is 0. The van der Waals surface area contributed by atoms with Crippen molar-refractivity contribution in [2.75, 3.05) is 23.3 Å². The molecule has 3 aromatic heterocycles. The molecule has 0 bridgehead atoms. The van der Waals surface area contributed by atoms with Gasteiger partial charge >= 0.3 is 6.03 Å². The third-order valence-corrected chi connectivity index (χ3v) is 7.56. The number of carbonyl (C=O) groups excluding carboxylic acids is 3. The molecule has 188 valence electrons. The molecule has 4 aromatic rings. The first-order valence-electron chi connectivity index (χ1n) is 12.0. The highest BCUT2D eigenvalue weighted by Gasteiger charge is 2.33. The van der Waals surface area contributed by atoms with Gasteiger partial charge in [-0.25, -0.2) is 9.78 Å². The normalized spacial score (nSPS) is 14.6. The fraction of sp³-hybridized carbons (Fsp3) is 0.107. The lowest BCUT2D eigenvalue weighted by Crippen LogP contribution is -2.39. The molecule has 0 spiro atoms. The summed E-state index contributed by atoms with van der Waals surface area (Å²) in [6.45, 7) is 4.39. The predicted molar refractivity (Wildman–Crippen MR) is 147 cm³/mol. The van der Waals surface area contributed by atoms with E-state index in [4.69, 9.17) is 0 Å². The van der Waals surface area contributed by atoms with E-state index in [0.29, 0.717) is 50.8 Å². The maximum Gasteiger partial charge on any atom is 0.331 e. The van der Waals surface area contributed by atoms with Crippen molar-refractivity contribution in [2.24, 2.45) is 0 Å². The molecule has 2 aliphatic heterocycles. The molecule has 10 heteroatoms. The Balaban J connectivity index is 1.35. The van der Waals surface area contributed by atoms with Crippen molar-refractivity contribution >= 4 is 56.5 Å². The van der Waals surface area contributed by atoms with E-state index < -0.39 is 0 Å². The van der Waals surface area contributed by atoms with Gasteiger partial charge in [0.25, 0.3) is 5.91 Å². The quantitative estimate of drug-likeness (QED) is 0.356. The van der Waals surface area contributed by atoms with Crippen LogP contribution in [0, 0.1) is 0 Å². The van der Waals surface area contributed by atoms with Crippen LogP contribution in [0.2, 0.25) is 0 Å². The average Bonchev–Trinajstić information content (AvgIpc) is 3.33. The Kier molecular flexibility index (Phi) is 5.93. The fourth-order valence-corrected chi connectivity index (χ4v) is 5.73. The maximum absolute atomic E-state index is 13.4. The van der Waals surface area contributed by atoms with E-state index in [1.54, 1.807) is 34.5 Å². The molecule has 38 heavy (non-hydrogen) atoms. The van der Waals surface area contributed by atoms with Gasteiger partial charge in [0.05, 0.1) is 29.0 Å². The number of carbonyl (C=O) groups is 3. The average molecular weight is 523 g/mol. The monoisotopic (exact) mass is 522 g/mol. The standard InChI is InChI=1S/C28H22N6O3S/c1-2-22(35)33-13-5-8-19(16-33)31-26(36)25-24-23-21(10-12-30-27(23)38-25)34(28(37)32-24)20-9-3-6-17(14-20)18-7-4-11-29-15-18/h2-4,6-12,14-15H,1,5,13,16H2,(H,31,36)(H,32,37). The van der Waals surface area contributed by atoms with Crippen LogP contribution in [0.5, 0.6) is 0 Å². The number of benzene rings is 1. The third kappa shape index (κ3) is 4.10. The van der Waals surface area contributed by atoms with Gasteiger partial charge in [-0.3, -0.25) is 19.5 Å². The topological polar surface area (TPSA) is 108 Å². The molecular weight excluding hydrogens is 500 g/mol. The summed E-state index contributed by atoms with van der Waals surface area (Å²) in [6, 6.07) is 12.9. The van der Waals surface area contributed by atoms with E-state index in [9.17, 15) is 14.4 Å². The van der Waals surface area contributed by atoms with Gasteiger partial charge in [-0.05, 0) is 42.3 Å². The first-order chi connectivity index (χ1) is 18.5. The first kappa shape index (κ1) is 23.6. The van der Waals surface area contributed by atoms with Gasteiger partial charge in [0.15, 0.2) is 0 Å². The van der Waals surface area contributed by atoms with Crippen LogP contribution in [0.15, 0.2) is 85.5 Å². The van der Waals surface area contributed by atoms with E-state index in [0.717, 1.165) is 11.1 Å². The van der Waals surface area contributed by atoms with Gasteiger partial charge < -0.3 is 15.5 Å². The zero-order valence-electron chi connectivity index (χ0n) is 20.2. The number of nitrogens with zero attached hydrogens (tertiary/aromatic N) is 4. The highest BCUT2D eigenvalue weighted by Crippen LogP contribution is 2.46. The lowest BCUT2D eigenvalue weighted by molar-refractivity contribution is -0.125. The number of hydrogen-bond donors (Lipinski definition) is 2. The highest BCUT2D eigenvalue weighted by molar-refractivity contribution is 7.21. The van der Waals surface area contributed by atoms with Gasteiger partial charge in [-0.15, -0.1) is 11.3 Å². The van der Waals surface area contributed by atoms with Gasteiger partial charge in [-0.2, -0.15) is 0 Å². The molecule has 0 saturated carbocycles. The second kappa shape index (κ2) is 9.56. The van der Waals surface area contributed by atoms with E-state index in [1.807, 2.05) is 42.5 Å². The molecule has 0 saturated heterocycles. The van der Waals surface area contributed by atoms with Crippen LogP contribution in [0.1, 0.15) is 16.1 Å². The summed E-state index contributed by atoms with van der Waals surface area (Å²) in [5.74, 6) is -0.545. The van der Waals surface area contributed by atoms with Crippen molar-refractivity contribution in [3.8, 4) is 11.1 Å². The van der Waals surface area contributed by atoms with Crippen molar-refractivity contribution < 1.29 is 14.4 Å². The predicted octanol–water partition coefficient (Wildman–Crippen LogP) is 5.07. The Hall–Kier alpha value is -4.83. The summed E-state index contributed by atoms with van der Waals surface area (Å²) in [7, 11) is 0. The number of aromatic nitrogens is 2. The Labute approximate surface area is 222 Å². The third-order valence-electron chi connectivity index (χ3n) is 6.46. The number of nitrogens with one attached hydrogen (secondary N) is 2. The Morgan fingerprint density at radius 1 is 1.13 bits per heavy atom. The smallest absolute Gasteiger partial charge is 0.331 e. The van der Waals surface area contributed by atoms with E-state index in [-0.39, 0.29) is 24.4 Å². The molecule has 9 nitrogen and oxygen atoms in total. The van der Waals surface area contributed by atoms with E-state index in [2.05, 4.69) is 27.2 Å². The van der Waals surface area contributed by atoms with Crippen LogP contribution in [0.25, 0.3) is 21.3 Å². The second-order valence-corrected chi connectivity index (χ2v) is 9.81.